The number of ether oxygens (including phenoxy) is 1. The SMILES string of the molecule is O=C(C(=O)C(F)(F)F)C(F)(F)F.O=C1COc2c(CCNCCN(C(=O)CCNCCc3ccc(Cl)c(Cl)c3)C3CCCCCC3)ccc(O)c2N1. The Morgan fingerprint density at radius 3 is 2.08 bits per heavy atom. The highest BCUT2D eigenvalue weighted by atomic mass is 35.5. The topological polar surface area (TPSA) is 137 Å². The lowest BCUT2D eigenvalue weighted by atomic mass is 10.1. The highest BCUT2D eigenvalue weighted by Crippen LogP contribution is 2.39. The van der Waals surface area contributed by atoms with E-state index in [0.717, 1.165) is 36.9 Å². The molecule has 1 heterocycles. The van der Waals surface area contributed by atoms with Crippen molar-refractivity contribution in [2.45, 2.75) is 76.2 Å². The summed E-state index contributed by atoms with van der Waals surface area (Å²) in [5.74, 6) is -6.36. The summed E-state index contributed by atoms with van der Waals surface area (Å²) in [6.07, 6.45) is -2.60. The van der Waals surface area contributed by atoms with E-state index in [1.165, 1.54) is 25.7 Å². The number of hydrogen-bond donors (Lipinski definition) is 4. The fourth-order valence-electron chi connectivity index (χ4n) is 5.69. The van der Waals surface area contributed by atoms with Crippen LogP contribution in [0.1, 0.15) is 56.1 Å². The number of Topliss-reactive ketones (excluding diaryl/α,β-unsaturated/α-hetero) is 2. The van der Waals surface area contributed by atoms with Gasteiger partial charge in [0.05, 0.1) is 10.0 Å². The van der Waals surface area contributed by atoms with E-state index in [2.05, 4.69) is 20.9 Å². The Hall–Kier alpha value is -3.60. The number of ketones is 2. The van der Waals surface area contributed by atoms with E-state index in [1.54, 1.807) is 6.07 Å². The van der Waals surface area contributed by atoms with Crippen molar-refractivity contribution in [1.29, 1.82) is 0 Å². The molecule has 4 N–H and O–H groups in total. The monoisotopic (exact) mass is 784 g/mol. The number of hydrogen-bond acceptors (Lipinski definition) is 8. The maximum atomic E-state index is 13.3. The fourth-order valence-corrected chi connectivity index (χ4v) is 6.01. The van der Waals surface area contributed by atoms with E-state index < -0.39 is 23.9 Å². The Labute approximate surface area is 306 Å². The molecule has 2 amide bonds. The van der Waals surface area contributed by atoms with Crippen LogP contribution in [0, 0.1) is 0 Å². The third kappa shape index (κ3) is 13.4. The van der Waals surface area contributed by atoms with Gasteiger partial charge >= 0.3 is 23.9 Å². The van der Waals surface area contributed by atoms with E-state index in [4.69, 9.17) is 27.9 Å². The first-order chi connectivity index (χ1) is 24.5. The lowest BCUT2D eigenvalue weighted by molar-refractivity contribution is -0.193. The summed E-state index contributed by atoms with van der Waals surface area (Å²) < 4.78 is 72.5. The first kappa shape index (κ1) is 42.8. The van der Waals surface area contributed by atoms with Gasteiger partial charge in [0.25, 0.3) is 5.91 Å². The summed E-state index contributed by atoms with van der Waals surface area (Å²) in [5.41, 5.74) is 2.37. The summed E-state index contributed by atoms with van der Waals surface area (Å²) >= 11 is 12.1. The molecule has 52 heavy (non-hydrogen) atoms. The quantitative estimate of drug-likeness (QED) is 0.0586. The summed E-state index contributed by atoms with van der Waals surface area (Å²) in [7, 11) is 0. The molecule has 0 bridgehead atoms. The van der Waals surface area contributed by atoms with Gasteiger partial charge in [0.2, 0.25) is 5.91 Å². The van der Waals surface area contributed by atoms with Gasteiger partial charge in [0.1, 0.15) is 11.4 Å². The average molecular weight is 786 g/mol. The van der Waals surface area contributed by atoms with Crippen molar-refractivity contribution in [3.05, 3.63) is 51.5 Å². The van der Waals surface area contributed by atoms with Gasteiger partial charge in [0.15, 0.2) is 12.4 Å². The van der Waals surface area contributed by atoms with Gasteiger partial charge in [0, 0.05) is 32.1 Å². The predicted molar refractivity (Wildman–Crippen MR) is 182 cm³/mol. The van der Waals surface area contributed by atoms with Crippen molar-refractivity contribution in [3.63, 3.8) is 0 Å². The molecule has 2 aromatic carbocycles. The second kappa shape index (κ2) is 20.0. The summed E-state index contributed by atoms with van der Waals surface area (Å²) in [6.45, 7) is 3.42. The molecule has 2 aliphatic rings. The highest BCUT2D eigenvalue weighted by molar-refractivity contribution is 6.42. The Morgan fingerprint density at radius 2 is 1.46 bits per heavy atom. The largest absolute Gasteiger partial charge is 0.506 e. The molecule has 1 aliphatic carbocycles. The van der Waals surface area contributed by atoms with Crippen molar-refractivity contribution in [2.75, 3.05) is 44.6 Å². The smallest absolute Gasteiger partial charge is 0.458 e. The van der Waals surface area contributed by atoms with Gasteiger partial charge in [-0.2, -0.15) is 26.3 Å². The number of nitrogens with zero attached hydrogens (tertiary/aromatic N) is 1. The zero-order valence-electron chi connectivity index (χ0n) is 28.0. The number of rotatable bonds is 14. The number of phenolic OH excluding ortho intramolecular Hbond substituents is 1. The van der Waals surface area contributed by atoms with Crippen LogP contribution < -0.4 is 20.7 Å². The summed E-state index contributed by atoms with van der Waals surface area (Å²) in [5, 5.41) is 20.7. The number of benzene rings is 2. The van der Waals surface area contributed by atoms with Crippen molar-refractivity contribution in [3.8, 4) is 11.5 Å². The van der Waals surface area contributed by atoms with Crippen LogP contribution in [0.15, 0.2) is 30.3 Å². The number of nitrogens with one attached hydrogen (secondary N) is 3. The predicted octanol–water partition coefficient (Wildman–Crippen LogP) is 6.19. The first-order valence-electron chi connectivity index (χ1n) is 16.6. The second-order valence-corrected chi connectivity index (χ2v) is 13.0. The molecule has 1 aliphatic heterocycles. The van der Waals surface area contributed by atoms with Crippen molar-refractivity contribution in [2.24, 2.45) is 0 Å². The molecule has 1 saturated carbocycles. The van der Waals surface area contributed by atoms with Crippen molar-refractivity contribution < 1.29 is 55.4 Å². The number of aromatic hydroxyl groups is 1. The molecule has 0 saturated heterocycles. The van der Waals surface area contributed by atoms with Gasteiger partial charge in [-0.1, -0.05) is 61.0 Å². The van der Waals surface area contributed by atoms with Crippen LogP contribution in [-0.4, -0.2) is 91.1 Å². The van der Waals surface area contributed by atoms with Gasteiger partial charge in [-0.3, -0.25) is 19.2 Å². The van der Waals surface area contributed by atoms with Gasteiger partial charge < -0.3 is 30.7 Å². The van der Waals surface area contributed by atoms with Crippen LogP contribution >= 0.6 is 23.2 Å². The number of fused-ring (bicyclic) bond motifs is 1. The minimum absolute atomic E-state index is 0.00109. The van der Waals surface area contributed by atoms with E-state index in [1.807, 2.05) is 24.3 Å². The van der Waals surface area contributed by atoms with E-state index in [-0.39, 0.29) is 24.2 Å². The molecule has 4 rings (SSSR count). The number of phenols is 1. The molecule has 2 aromatic rings. The van der Waals surface area contributed by atoms with Gasteiger partial charge in [-0.15, -0.1) is 0 Å². The number of anilines is 1. The summed E-state index contributed by atoms with van der Waals surface area (Å²) in [4.78, 5) is 46.3. The van der Waals surface area contributed by atoms with Gasteiger partial charge in [-0.25, -0.2) is 0 Å². The van der Waals surface area contributed by atoms with Crippen LogP contribution in [0.4, 0.5) is 32.0 Å². The first-order valence-corrected chi connectivity index (χ1v) is 17.4. The minimum Gasteiger partial charge on any atom is -0.506 e. The van der Waals surface area contributed by atoms with E-state index in [9.17, 15) is 50.6 Å². The molecule has 10 nitrogen and oxygen atoms in total. The average Bonchev–Trinajstić information content (AvgIpc) is 3.37. The molecule has 0 aromatic heterocycles. The van der Waals surface area contributed by atoms with Crippen LogP contribution in [0.2, 0.25) is 10.0 Å². The zero-order chi connectivity index (χ0) is 38.5. The van der Waals surface area contributed by atoms with Crippen LogP contribution in [0.5, 0.6) is 11.5 Å². The van der Waals surface area contributed by atoms with Crippen LogP contribution in [0.3, 0.4) is 0 Å². The third-order valence-corrected chi connectivity index (χ3v) is 9.07. The molecule has 0 unspecified atom stereocenters. The molecule has 1 fully saturated rings. The van der Waals surface area contributed by atoms with Crippen molar-refractivity contribution in [1.82, 2.24) is 15.5 Å². The lowest BCUT2D eigenvalue weighted by Crippen LogP contribution is -2.45. The maximum absolute atomic E-state index is 13.3. The fraction of sp³-hybridized carbons (Fsp3) is 0.529. The molecule has 0 radical (unpaired) electrons. The molecular formula is C34H40Cl2F6N4O6. The Morgan fingerprint density at radius 1 is 0.846 bits per heavy atom. The Bertz CT molecular complexity index is 1530. The number of halogens is 8. The Balaban J connectivity index is 0.000000521. The number of alkyl halides is 6. The lowest BCUT2D eigenvalue weighted by Gasteiger charge is -2.32. The van der Waals surface area contributed by atoms with Crippen molar-refractivity contribution >= 4 is 52.3 Å². The Kier molecular flexibility index (Phi) is 16.5. The second-order valence-electron chi connectivity index (χ2n) is 12.2. The minimum atomic E-state index is -5.77. The molecule has 0 spiro atoms. The van der Waals surface area contributed by atoms with Gasteiger partial charge in [-0.05, 0) is 68.1 Å². The molecule has 0 atom stereocenters. The number of amides is 2. The maximum Gasteiger partial charge on any atom is 0.458 e. The third-order valence-electron chi connectivity index (χ3n) is 8.33. The normalized spacial score (nSPS) is 15.0. The molecular weight excluding hydrogens is 745 g/mol. The zero-order valence-corrected chi connectivity index (χ0v) is 29.5. The van der Waals surface area contributed by atoms with Crippen LogP contribution in [-0.2, 0) is 32.0 Å². The standard InChI is InChI=1S/C30H40Cl2N4O4.C4F6O2/c31-24-9-7-21(19-25(24)32)11-14-33-16-13-28(39)36(23-5-3-1-2-4-6-23)18-17-34-15-12-22-8-10-26(37)29-30(22)40-20-27(38)35-29;5-3(6,7)1(11)2(12)4(8,9)10/h7-10,19,23,33-34,37H,1-6,11-18,20H2,(H,35,38);. The number of carbonyl (C=O) groups is 4. The van der Waals surface area contributed by atoms with E-state index in [0.29, 0.717) is 66.5 Å². The van der Waals surface area contributed by atoms with Crippen LogP contribution in [0.25, 0.3) is 0 Å². The molecule has 18 heteroatoms. The number of carbonyl (C=O) groups excluding carboxylic acids is 4. The summed E-state index contributed by atoms with van der Waals surface area (Å²) in [6, 6.07) is 9.38. The molecule has 288 valence electrons. The highest BCUT2D eigenvalue weighted by Gasteiger charge is 2.54. The van der Waals surface area contributed by atoms with E-state index >= 15 is 0 Å².